The van der Waals surface area contributed by atoms with Crippen molar-refractivity contribution in [2.45, 2.75) is 18.5 Å². The van der Waals surface area contributed by atoms with Gasteiger partial charge in [-0.2, -0.15) is 26.3 Å². The fourth-order valence-electron chi connectivity index (χ4n) is 0.420. The Morgan fingerprint density at radius 2 is 1.36 bits per heavy atom. The molecular formula is C4H3ClF6O3. The molecule has 10 heteroatoms. The van der Waals surface area contributed by atoms with E-state index in [1.807, 2.05) is 0 Å². The van der Waals surface area contributed by atoms with Crippen LogP contribution in [0.2, 0.25) is 0 Å². The molecule has 0 spiro atoms. The standard InChI is InChI=1S/C4H2F6O3.ClH/c5-3(6,7)1(4(8,9)10)13-2(11)12;/h1H,(H,11,12);1H. The summed E-state index contributed by atoms with van der Waals surface area (Å²) in [5.74, 6) is 0. The Bertz CT molecular complexity index is 184. The predicted octanol–water partition coefficient (Wildman–Crippen LogP) is 2.60. The summed E-state index contributed by atoms with van der Waals surface area (Å²) in [5.41, 5.74) is 0. The van der Waals surface area contributed by atoms with E-state index in [1.54, 1.807) is 0 Å². The first-order chi connectivity index (χ1) is 5.55. The van der Waals surface area contributed by atoms with Gasteiger partial charge >= 0.3 is 18.5 Å². The lowest BCUT2D eigenvalue weighted by atomic mass is 10.3. The van der Waals surface area contributed by atoms with Crippen LogP contribution >= 0.6 is 12.4 Å². The second kappa shape index (κ2) is 4.58. The molecule has 0 fully saturated rings. The lowest BCUT2D eigenvalue weighted by Crippen LogP contribution is -2.45. The summed E-state index contributed by atoms with van der Waals surface area (Å²) in [6.07, 6.45) is -18.5. The second-order valence-electron chi connectivity index (χ2n) is 1.85. The molecule has 0 heterocycles. The zero-order valence-electron chi connectivity index (χ0n) is 6.02. The minimum Gasteiger partial charge on any atom is -0.450 e. The Morgan fingerprint density at radius 1 is 1.07 bits per heavy atom. The van der Waals surface area contributed by atoms with E-state index in [0.29, 0.717) is 0 Å². The van der Waals surface area contributed by atoms with E-state index < -0.39 is 24.6 Å². The molecule has 0 aliphatic carbocycles. The summed E-state index contributed by atoms with van der Waals surface area (Å²) >= 11 is 0. The van der Waals surface area contributed by atoms with Gasteiger partial charge in [0.05, 0.1) is 0 Å². The van der Waals surface area contributed by atoms with E-state index in [0.717, 1.165) is 0 Å². The Hall–Kier alpha value is -0.860. The maximum absolute atomic E-state index is 11.5. The molecule has 0 saturated heterocycles. The van der Waals surface area contributed by atoms with E-state index in [-0.39, 0.29) is 12.4 Å². The number of rotatable bonds is 1. The molecule has 14 heavy (non-hydrogen) atoms. The van der Waals surface area contributed by atoms with Crippen LogP contribution in [-0.4, -0.2) is 29.7 Å². The van der Waals surface area contributed by atoms with Gasteiger partial charge in [-0.15, -0.1) is 12.4 Å². The molecule has 0 radical (unpaired) electrons. The van der Waals surface area contributed by atoms with Crippen molar-refractivity contribution >= 4 is 18.6 Å². The molecule has 0 amide bonds. The second-order valence-corrected chi connectivity index (χ2v) is 1.85. The van der Waals surface area contributed by atoms with Crippen molar-refractivity contribution in [2.75, 3.05) is 0 Å². The zero-order valence-corrected chi connectivity index (χ0v) is 6.83. The van der Waals surface area contributed by atoms with E-state index in [9.17, 15) is 31.1 Å². The molecule has 0 aliphatic rings. The topological polar surface area (TPSA) is 46.5 Å². The SMILES string of the molecule is Cl.O=C(O)OC(C(F)(F)F)C(F)(F)F. The van der Waals surface area contributed by atoms with Crippen molar-refractivity contribution in [2.24, 2.45) is 0 Å². The maximum atomic E-state index is 11.5. The lowest BCUT2D eigenvalue weighted by Gasteiger charge is -2.20. The summed E-state index contributed by atoms with van der Waals surface area (Å²) in [7, 11) is 0. The van der Waals surface area contributed by atoms with Gasteiger partial charge < -0.3 is 9.84 Å². The summed E-state index contributed by atoms with van der Waals surface area (Å²) in [6, 6.07) is 0. The van der Waals surface area contributed by atoms with Crippen LogP contribution in [0.15, 0.2) is 0 Å². The quantitative estimate of drug-likeness (QED) is 0.573. The molecule has 0 saturated carbocycles. The summed E-state index contributed by atoms with van der Waals surface area (Å²) in [6.45, 7) is 0. The van der Waals surface area contributed by atoms with Crippen molar-refractivity contribution in [1.82, 2.24) is 0 Å². The lowest BCUT2D eigenvalue weighted by molar-refractivity contribution is -0.309. The normalized spacial score (nSPS) is 12.2. The highest BCUT2D eigenvalue weighted by atomic mass is 35.5. The van der Waals surface area contributed by atoms with E-state index in [2.05, 4.69) is 4.74 Å². The highest BCUT2D eigenvalue weighted by molar-refractivity contribution is 5.85. The number of hydrogen-bond acceptors (Lipinski definition) is 2. The Labute approximate surface area is 79.0 Å². The highest BCUT2D eigenvalue weighted by Gasteiger charge is 2.60. The van der Waals surface area contributed by atoms with Crippen LogP contribution in [0.5, 0.6) is 0 Å². The number of ether oxygens (including phenoxy) is 1. The first kappa shape index (κ1) is 15.6. The monoisotopic (exact) mass is 248 g/mol. The number of hydrogen-bond donors (Lipinski definition) is 1. The molecule has 0 rings (SSSR count). The molecule has 86 valence electrons. The van der Waals surface area contributed by atoms with Crippen molar-refractivity contribution in [3.8, 4) is 0 Å². The maximum Gasteiger partial charge on any atom is 0.506 e. The third-order valence-corrected chi connectivity index (χ3v) is 0.813. The summed E-state index contributed by atoms with van der Waals surface area (Å²) in [4.78, 5) is 9.48. The van der Waals surface area contributed by atoms with Crippen molar-refractivity contribution in [3.63, 3.8) is 0 Å². The van der Waals surface area contributed by atoms with E-state index in [4.69, 9.17) is 5.11 Å². The van der Waals surface area contributed by atoms with Gasteiger partial charge in [-0.05, 0) is 0 Å². The molecule has 3 nitrogen and oxygen atoms in total. The van der Waals surface area contributed by atoms with Gasteiger partial charge in [0.1, 0.15) is 0 Å². The van der Waals surface area contributed by atoms with Crippen molar-refractivity contribution < 1.29 is 41.0 Å². The average molecular weight is 249 g/mol. The van der Waals surface area contributed by atoms with Gasteiger partial charge in [0, 0.05) is 0 Å². The molecule has 0 bridgehead atoms. The first-order valence-corrected chi connectivity index (χ1v) is 2.58. The van der Waals surface area contributed by atoms with Gasteiger partial charge in [-0.25, -0.2) is 4.79 Å². The Kier molecular flexibility index (Phi) is 5.10. The largest absolute Gasteiger partial charge is 0.506 e. The zero-order chi connectivity index (χ0) is 10.9. The van der Waals surface area contributed by atoms with Crippen LogP contribution in [0.3, 0.4) is 0 Å². The number of halogens is 7. The molecule has 0 aromatic heterocycles. The molecule has 1 N–H and O–H groups in total. The third-order valence-electron chi connectivity index (χ3n) is 0.813. The molecule has 0 aromatic carbocycles. The molecular weight excluding hydrogens is 245 g/mol. The van der Waals surface area contributed by atoms with Crippen LogP contribution in [0.4, 0.5) is 31.1 Å². The average Bonchev–Trinajstić information content (AvgIpc) is 1.77. The predicted molar refractivity (Wildman–Crippen MR) is 32.3 cm³/mol. The van der Waals surface area contributed by atoms with Crippen LogP contribution < -0.4 is 0 Å². The molecule has 0 unspecified atom stereocenters. The summed E-state index contributed by atoms with van der Waals surface area (Å²) < 4.78 is 71.5. The van der Waals surface area contributed by atoms with E-state index in [1.165, 1.54) is 0 Å². The van der Waals surface area contributed by atoms with E-state index >= 15 is 0 Å². The van der Waals surface area contributed by atoms with Crippen LogP contribution in [0.1, 0.15) is 0 Å². The first-order valence-electron chi connectivity index (χ1n) is 2.58. The van der Waals surface area contributed by atoms with Gasteiger partial charge in [0.15, 0.2) is 0 Å². The Balaban J connectivity index is 0. The number of carbonyl (C=O) groups is 1. The fourth-order valence-corrected chi connectivity index (χ4v) is 0.420. The Morgan fingerprint density at radius 3 is 1.43 bits per heavy atom. The van der Waals surface area contributed by atoms with Crippen LogP contribution in [0, 0.1) is 0 Å². The van der Waals surface area contributed by atoms with Gasteiger partial charge in [0.25, 0.3) is 6.10 Å². The number of alkyl halides is 6. The van der Waals surface area contributed by atoms with Gasteiger partial charge in [0.2, 0.25) is 0 Å². The van der Waals surface area contributed by atoms with Crippen LogP contribution in [0.25, 0.3) is 0 Å². The van der Waals surface area contributed by atoms with Crippen LogP contribution in [-0.2, 0) is 4.74 Å². The van der Waals surface area contributed by atoms with Crippen molar-refractivity contribution in [1.29, 1.82) is 0 Å². The third kappa shape index (κ3) is 5.00. The minimum absolute atomic E-state index is 0. The highest BCUT2D eigenvalue weighted by Crippen LogP contribution is 2.35. The van der Waals surface area contributed by atoms with Gasteiger partial charge in [-0.1, -0.05) is 0 Å². The minimum atomic E-state index is -5.80. The number of carboxylic acid groups (broad SMARTS) is 1. The molecule has 0 aromatic rings. The smallest absolute Gasteiger partial charge is 0.450 e. The van der Waals surface area contributed by atoms with Gasteiger partial charge in [-0.3, -0.25) is 0 Å². The molecule has 0 atom stereocenters. The van der Waals surface area contributed by atoms with Crippen molar-refractivity contribution in [3.05, 3.63) is 0 Å². The molecule has 0 aliphatic heterocycles. The fraction of sp³-hybridized carbons (Fsp3) is 0.750. The summed E-state index contributed by atoms with van der Waals surface area (Å²) in [5, 5.41) is 7.59.